The number of rotatable bonds is 6. The van der Waals surface area contributed by atoms with E-state index < -0.39 is 0 Å². The van der Waals surface area contributed by atoms with E-state index in [9.17, 15) is 0 Å². The second kappa shape index (κ2) is 9.08. The quantitative estimate of drug-likeness (QED) is 0.431. The predicted octanol–water partition coefficient (Wildman–Crippen LogP) is 3.26. The zero-order valence-corrected chi connectivity index (χ0v) is 12.6. The number of anilines is 1. The van der Waals surface area contributed by atoms with Crippen LogP contribution in [0.5, 0.6) is 0 Å². The van der Waals surface area contributed by atoms with Crippen molar-refractivity contribution in [2.45, 2.75) is 26.7 Å². The summed E-state index contributed by atoms with van der Waals surface area (Å²) >= 11 is 0. The van der Waals surface area contributed by atoms with Gasteiger partial charge in [0.1, 0.15) is 0 Å². The van der Waals surface area contributed by atoms with Crippen molar-refractivity contribution in [3.63, 3.8) is 0 Å². The van der Waals surface area contributed by atoms with Crippen molar-refractivity contribution >= 4 is 11.5 Å². The second-order valence-corrected chi connectivity index (χ2v) is 4.09. The van der Waals surface area contributed by atoms with E-state index in [0.717, 1.165) is 18.7 Å². The zero-order chi connectivity index (χ0) is 11.8. The summed E-state index contributed by atoms with van der Waals surface area (Å²) in [5.41, 5.74) is 0.595. The van der Waals surface area contributed by atoms with Gasteiger partial charge in [-0.15, -0.1) is 12.3 Å². The molecule has 0 atom stereocenters. The molecule has 0 aliphatic rings. The van der Waals surface area contributed by atoms with Crippen molar-refractivity contribution in [1.82, 2.24) is 4.98 Å². The number of hydrogen-bond donors (Lipinski definition) is 2. The van der Waals surface area contributed by atoms with Crippen LogP contribution in [0.3, 0.4) is 0 Å². The standard InChI is InChI=1S/C13H18N3.Ir/c1-11(2)6-7-12(14)8-10-16-13-5-3-4-9-15-13;/h3-5,8-9,11,14H,6-7H2,1-2H3,(H,15,16);/q-1;. The van der Waals surface area contributed by atoms with Gasteiger partial charge >= 0.3 is 0 Å². The van der Waals surface area contributed by atoms with Gasteiger partial charge in [-0.2, -0.15) is 0 Å². The minimum Gasteiger partial charge on any atom is -0.453 e. The third-order valence-electron chi connectivity index (χ3n) is 2.10. The number of nitrogens with zero attached hydrogens (tertiary/aromatic N) is 1. The van der Waals surface area contributed by atoms with E-state index in [-0.39, 0.29) is 20.1 Å². The van der Waals surface area contributed by atoms with Gasteiger partial charge in [0.25, 0.3) is 0 Å². The normalized spacial score (nSPS) is 10.3. The van der Waals surface area contributed by atoms with Crippen LogP contribution in [-0.2, 0) is 20.1 Å². The molecule has 0 aliphatic heterocycles. The molecule has 1 radical (unpaired) electrons. The first kappa shape index (κ1) is 16.0. The van der Waals surface area contributed by atoms with Crippen molar-refractivity contribution in [2.75, 3.05) is 5.32 Å². The van der Waals surface area contributed by atoms with Crippen LogP contribution in [0.2, 0.25) is 0 Å². The molecule has 17 heavy (non-hydrogen) atoms. The summed E-state index contributed by atoms with van der Waals surface area (Å²) in [6, 6.07) is 5.62. The van der Waals surface area contributed by atoms with Crippen LogP contribution in [0.1, 0.15) is 26.7 Å². The Labute approximate surface area is 117 Å². The largest absolute Gasteiger partial charge is 0.453 e. The van der Waals surface area contributed by atoms with Gasteiger partial charge in [-0.05, 0) is 12.0 Å². The Hall–Kier alpha value is -0.991. The Morgan fingerprint density at radius 2 is 2.29 bits per heavy atom. The van der Waals surface area contributed by atoms with Crippen molar-refractivity contribution in [3.8, 4) is 0 Å². The molecule has 0 spiro atoms. The average molecular weight is 409 g/mol. The molecule has 0 unspecified atom stereocenters. The van der Waals surface area contributed by atoms with Crippen LogP contribution in [-0.4, -0.2) is 10.7 Å². The Bertz CT molecular complexity index is 347. The minimum absolute atomic E-state index is 0. The van der Waals surface area contributed by atoms with Crippen LogP contribution in [0.4, 0.5) is 5.82 Å². The van der Waals surface area contributed by atoms with Crippen LogP contribution >= 0.6 is 0 Å². The Kier molecular flexibility index (Phi) is 8.55. The monoisotopic (exact) mass is 409 g/mol. The summed E-state index contributed by atoms with van der Waals surface area (Å²) in [6.45, 7) is 4.32. The fraction of sp³-hybridized carbons (Fsp3) is 0.385. The summed E-state index contributed by atoms with van der Waals surface area (Å²) in [5.74, 6) is 1.38. The number of nitrogens with one attached hydrogen (secondary N) is 2. The fourth-order valence-electron chi connectivity index (χ4n) is 1.15. The Morgan fingerprint density at radius 1 is 1.53 bits per heavy atom. The van der Waals surface area contributed by atoms with Gasteiger partial charge in [-0.3, -0.25) is 0 Å². The summed E-state index contributed by atoms with van der Waals surface area (Å²) < 4.78 is 0. The van der Waals surface area contributed by atoms with Gasteiger partial charge in [0, 0.05) is 32.1 Å². The van der Waals surface area contributed by atoms with Crippen molar-refractivity contribution in [3.05, 3.63) is 36.7 Å². The number of aromatic nitrogens is 1. The zero-order valence-electron chi connectivity index (χ0n) is 10.2. The van der Waals surface area contributed by atoms with Crippen LogP contribution in [0.25, 0.3) is 0 Å². The molecule has 0 aromatic carbocycles. The van der Waals surface area contributed by atoms with Gasteiger partial charge in [-0.1, -0.05) is 44.5 Å². The maximum absolute atomic E-state index is 7.67. The maximum atomic E-state index is 7.67. The van der Waals surface area contributed by atoms with E-state index in [2.05, 4.69) is 30.3 Å². The molecule has 0 saturated heterocycles. The summed E-state index contributed by atoms with van der Waals surface area (Å²) in [7, 11) is 0. The Balaban J connectivity index is 0.00000256. The van der Waals surface area contributed by atoms with Crippen molar-refractivity contribution in [2.24, 2.45) is 5.92 Å². The molecule has 0 fully saturated rings. The molecule has 1 aromatic rings. The molecule has 1 rings (SSSR count). The summed E-state index contributed by atoms with van der Waals surface area (Å²) in [5, 5.41) is 10.6. The van der Waals surface area contributed by atoms with Gasteiger partial charge in [0.05, 0.1) is 0 Å². The van der Waals surface area contributed by atoms with E-state index in [4.69, 9.17) is 5.41 Å². The Morgan fingerprint density at radius 3 is 2.88 bits per heavy atom. The molecule has 0 bridgehead atoms. The number of hydrogen-bond acceptors (Lipinski definition) is 3. The summed E-state index contributed by atoms with van der Waals surface area (Å²) in [4.78, 5) is 4.09. The molecular weight excluding hydrogens is 390 g/mol. The number of allylic oxidation sites excluding steroid dienone is 1. The molecule has 1 aromatic heterocycles. The van der Waals surface area contributed by atoms with Gasteiger partial charge in [-0.25, -0.2) is 0 Å². The van der Waals surface area contributed by atoms with Crippen molar-refractivity contribution in [1.29, 1.82) is 5.41 Å². The molecule has 4 heteroatoms. The molecule has 0 amide bonds. The van der Waals surface area contributed by atoms with Crippen LogP contribution < -0.4 is 5.32 Å². The SMILES string of the molecule is CC(C)CCC(=N)C=[C-]Nc1ccccn1.[Ir]. The molecule has 0 aliphatic carbocycles. The fourth-order valence-corrected chi connectivity index (χ4v) is 1.15. The topological polar surface area (TPSA) is 48.8 Å². The molecule has 0 saturated carbocycles. The maximum Gasteiger partial charge on any atom is 0.0302 e. The predicted molar refractivity (Wildman–Crippen MR) is 67.5 cm³/mol. The van der Waals surface area contributed by atoms with E-state index in [1.54, 1.807) is 12.3 Å². The molecule has 95 valence electrons. The van der Waals surface area contributed by atoms with E-state index in [0.29, 0.717) is 11.6 Å². The van der Waals surface area contributed by atoms with Crippen LogP contribution in [0.15, 0.2) is 30.5 Å². The smallest absolute Gasteiger partial charge is 0.0302 e. The van der Waals surface area contributed by atoms with Crippen molar-refractivity contribution < 1.29 is 20.1 Å². The molecular formula is C13H18IrN3-. The van der Waals surface area contributed by atoms with Gasteiger partial charge in [0.2, 0.25) is 0 Å². The second-order valence-electron chi connectivity index (χ2n) is 4.09. The minimum atomic E-state index is 0. The average Bonchev–Trinajstić information content (AvgIpc) is 2.28. The van der Waals surface area contributed by atoms with Crippen LogP contribution in [0, 0.1) is 17.5 Å². The first-order valence-corrected chi connectivity index (χ1v) is 5.51. The van der Waals surface area contributed by atoms with E-state index in [1.165, 1.54) is 0 Å². The van der Waals surface area contributed by atoms with E-state index >= 15 is 0 Å². The van der Waals surface area contributed by atoms with Gasteiger partial charge < -0.3 is 15.7 Å². The summed E-state index contributed by atoms with van der Waals surface area (Å²) in [6.07, 6.45) is 8.09. The first-order chi connectivity index (χ1) is 7.68. The molecule has 2 N–H and O–H groups in total. The first-order valence-electron chi connectivity index (χ1n) is 5.51. The third kappa shape index (κ3) is 7.83. The van der Waals surface area contributed by atoms with Gasteiger partial charge in [0.15, 0.2) is 0 Å². The molecule has 3 nitrogen and oxygen atoms in total. The molecule has 1 heterocycles. The third-order valence-corrected chi connectivity index (χ3v) is 2.10. The van der Waals surface area contributed by atoms with E-state index in [1.807, 2.05) is 18.2 Å². The number of pyridine rings is 1.